The molecule has 110 valence electrons. The Labute approximate surface area is 123 Å². The summed E-state index contributed by atoms with van der Waals surface area (Å²) in [5, 5.41) is 3.85. The molecule has 2 aliphatic rings. The zero-order chi connectivity index (χ0) is 13.8. The standard InChI is InChI=1S/C18H28N2/c1-15-11-17(19-12-16-7-5-6-8-16)14-20(13-15)18-9-3-2-4-10-18/h2-4,9-10,15-17,19H,5-8,11-14H2,1H3. The van der Waals surface area contributed by atoms with Crippen LogP contribution >= 0.6 is 0 Å². The van der Waals surface area contributed by atoms with E-state index in [0.717, 1.165) is 11.8 Å². The third kappa shape index (κ3) is 3.54. The monoisotopic (exact) mass is 272 g/mol. The summed E-state index contributed by atoms with van der Waals surface area (Å²) in [6.07, 6.45) is 7.11. The van der Waals surface area contributed by atoms with Crippen molar-refractivity contribution in [1.29, 1.82) is 0 Å². The first-order valence-electron chi connectivity index (χ1n) is 8.34. The largest absolute Gasteiger partial charge is 0.370 e. The van der Waals surface area contributed by atoms with Crippen LogP contribution in [0.2, 0.25) is 0 Å². The number of rotatable bonds is 4. The van der Waals surface area contributed by atoms with Crippen LogP contribution in [0, 0.1) is 11.8 Å². The molecule has 2 heteroatoms. The molecule has 0 amide bonds. The van der Waals surface area contributed by atoms with Gasteiger partial charge in [0.1, 0.15) is 0 Å². The van der Waals surface area contributed by atoms with Crippen molar-refractivity contribution in [3.05, 3.63) is 30.3 Å². The van der Waals surface area contributed by atoms with Crippen molar-refractivity contribution >= 4 is 5.69 Å². The van der Waals surface area contributed by atoms with Crippen LogP contribution in [0.4, 0.5) is 5.69 Å². The summed E-state index contributed by atoms with van der Waals surface area (Å²) in [6, 6.07) is 11.6. The minimum atomic E-state index is 0.666. The van der Waals surface area contributed by atoms with E-state index in [0.29, 0.717) is 6.04 Å². The number of benzene rings is 1. The Kier molecular flexibility index (Phi) is 4.62. The van der Waals surface area contributed by atoms with Gasteiger partial charge < -0.3 is 10.2 Å². The highest BCUT2D eigenvalue weighted by atomic mass is 15.2. The SMILES string of the molecule is CC1CC(NCC2CCCC2)CN(c2ccccc2)C1. The Morgan fingerprint density at radius 3 is 2.60 bits per heavy atom. The van der Waals surface area contributed by atoms with E-state index in [1.807, 2.05) is 0 Å². The lowest BCUT2D eigenvalue weighted by molar-refractivity contribution is 0.332. The lowest BCUT2D eigenvalue weighted by atomic mass is 9.94. The maximum absolute atomic E-state index is 3.85. The minimum absolute atomic E-state index is 0.666. The van der Waals surface area contributed by atoms with Crippen LogP contribution in [-0.2, 0) is 0 Å². The number of hydrogen-bond donors (Lipinski definition) is 1. The van der Waals surface area contributed by atoms with E-state index in [9.17, 15) is 0 Å². The fraction of sp³-hybridized carbons (Fsp3) is 0.667. The molecule has 1 aliphatic heterocycles. The van der Waals surface area contributed by atoms with Crippen molar-refractivity contribution in [3.63, 3.8) is 0 Å². The first-order chi connectivity index (χ1) is 9.81. The molecule has 2 unspecified atom stereocenters. The maximum atomic E-state index is 3.85. The van der Waals surface area contributed by atoms with Crippen LogP contribution in [-0.4, -0.2) is 25.7 Å². The van der Waals surface area contributed by atoms with Gasteiger partial charge in [-0.25, -0.2) is 0 Å². The van der Waals surface area contributed by atoms with E-state index < -0.39 is 0 Å². The second kappa shape index (κ2) is 6.62. The highest BCUT2D eigenvalue weighted by Crippen LogP contribution is 2.26. The van der Waals surface area contributed by atoms with Crippen LogP contribution in [0.5, 0.6) is 0 Å². The Bertz CT molecular complexity index is 397. The van der Waals surface area contributed by atoms with Crippen molar-refractivity contribution in [2.45, 2.75) is 45.1 Å². The third-order valence-corrected chi connectivity index (χ3v) is 4.95. The van der Waals surface area contributed by atoms with Crippen molar-refractivity contribution < 1.29 is 0 Å². The molecule has 1 heterocycles. The number of nitrogens with zero attached hydrogens (tertiary/aromatic N) is 1. The van der Waals surface area contributed by atoms with Gasteiger partial charge in [-0.2, -0.15) is 0 Å². The van der Waals surface area contributed by atoms with Crippen LogP contribution in [0.1, 0.15) is 39.0 Å². The Morgan fingerprint density at radius 2 is 1.85 bits per heavy atom. The smallest absolute Gasteiger partial charge is 0.0366 e. The van der Waals surface area contributed by atoms with E-state index in [1.54, 1.807) is 0 Å². The normalized spacial score (nSPS) is 27.9. The van der Waals surface area contributed by atoms with Gasteiger partial charge >= 0.3 is 0 Å². The summed E-state index contributed by atoms with van der Waals surface area (Å²) in [7, 11) is 0. The predicted molar refractivity (Wildman–Crippen MR) is 86.2 cm³/mol. The van der Waals surface area contributed by atoms with Gasteiger partial charge in [-0.3, -0.25) is 0 Å². The lowest BCUT2D eigenvalue weighted by Gasteiger charge is -2.38. The topological polar surface area (TPSA) is 15.3 Å². The highest BCUT2D eigenvalue weighted by Gasteiger charge is 2.25. The van der Waals surface area contributed by atoms with E-state index in [-0.39, 0.29) is 0 Å². The number of anilines is 1. The van der Waals surface area contributed by atoms with Crippen molar-refractivity contribution in [2.75, 3.05) is 24.5 Å². The van der Waals surface area contributed by atoms with Gasteiger partial charge in [-0.05, 0) is 49.8 Å². The molecule has 0 radical (unpaired) electrons. The van der Waals surface area contributed by atoms with Gasteiger partial charge in [0.15, 0.2) is 0 Å². The van der Waals surface area contributed by atoms with Crippen LogP contribution in [0.15, 0.2) is 30.3 Å². The van der Waals surface area contributed by atoms with Gasteiger partial charge in [0, 0.05) is 24.8 Å². The lowest BCUT2D eigenvalue weighted by Crippen LogP contribution is -2.49. The van der Waals surface area contributed by atoms with Crippen LogP contribution < -0.4 is 10.2 Å². The van der Waals surface area contributed by atoms with Gasteiger partial charge in [0.2, 0.25) is 0 Å². The molecule has 0 aromatic heterocycles. The van der Waals surface area contributed by atoms with Crippen molar-refractivity contribution in [1.82, 2.24) is 5.32 Å². The zero-order valence-corrected chi connectivity index (χ0v) is 12.7. The fourth-order valence-corrected chi connectivity index (χ4v) is 3.90. The molecule has 1 N–H and O–H groups in total. The summed E-state index contributed by atoms with van der Waals surface area (Å²) in [5.74, 6) is 1.72. The van der Waals surface area contributed by atoms with Gasteiger partial charge in [0.25, 0.3) is 0 Å². The summed E-state index contributed by atoms with van der Waals surface area (Å²) in [5.41, 5.74) is 1.38. The Balaban J connectivity index is 1.55. The van der Waals surface area contributed by atoms with E-state index in [1.165, 1.54) is 57.4 Å². The molecule has 2 atom stereocenters. The van der Waals surface area contributed by atoms with E-state index in [4.69, 9.17) is 0 Å². The molecule has 1 aliphatic carbocycles. The molecular weight excluding hydrogens is 244 g/mol. The molecule has 1 aromatic rings. The number of nitrogens with one attached hydrogen (secondary N) is 1. The molecule has 2 fully saturated rings. The quantitative estimate of drug-likeness (QED) is 0.899. The molecule has 20 heavy (non-hydrogen) atoms. The fourth-order valence-electron chi connectivity index (χ4n) is 3.90. The molecule has 3 rings (SSSR count). The van der Waals surface area contributed by atoms with Gasteiger partial charge in [0.05, 0.1) is 0 Å². The van der Waals surface area contributed by atoms with E-state index >= 15 is 0 Å². The predicted octanol–water partition coefficient (Wildman–Crippen LogP) is 3.68. The maximum Gasteiger partial charge on any atom is 0.0366 e. The number of piperidine rings is 1. The molecule has 0 bridgehead atoms. The summed E-state index contributed by atoms with van der Waals surface area (Å²) >= 11 is 0. The second-order valence-electron chi connectivity index (χ2n) is 6.84. The highest BCUT2D eigenvalue weighted by molar-refractivity contribution is 5.46. The molecule has 2 nitrogen and oxygen atoms in total. The molecule has 0 spiro atoms. The Hall–Kier alpha value is -1.02. The van der Waals surface area contributed by atoms with Crippen LogP contribution in [0.25, 0.3) is 0 Å². The summed E-state index contributed by atoms with van der Waals surface area (Å²) in [4.78, 5) is 2.56. The van der Waals surface area contributed by atoms with Crippen molar-refractivity contribution in [2.24, 2.45) is 11.8 Å². The van der Waals surface area contributed by atoms with Gasteiger partial charge in [-0.1, -0.05) is 38.0 Å². The summed E-state index contributed by atoms with van der Waals surface area (Å²) < 4.78 is 0. The molecule has 1 aromatic carbocycles. The van der Waals surface area contributed by atoms with Crippen molar-refractivity contribution in [3.8, 4) is 0 Å². The minimum Gasteiger partial charge on any atom is -0.370 e. The second-order valence-corrected chi connectivity index (χ2v) is 6.84. The first kappa shape index (κ1) is 13.9. The number of hydrogen-bond acceptors (Lipinski definition) is 2. The average Bonchev–Trinajstić information content (AvgIpc) is 2.99. The first-order valence-corrected chi connectivity index (χ1v) is 8.34. The average molecular weight is 272 g/mol. The summed E-state index contributed by atoms with van der Waals surface area (Å²) in [6.45, 7) is 5.99. The zero-order valence-electron chi connectivity index (χ0n) is 12.7. The van der Waals surface area contributed by atoms with Gasteiger partial charge in [-0.15, -0.1) is 0 Å². The van der Waals surface area contributed by atoms with Crippen LogP contribution in [0.3, 0.4) is 0 Å². The number of para-hydroxylation sites is 1. The molecular formula is C18H28N2. The molecule has 1 saturated heterocycles. The molecule has 1 saturated carbocycles. The Morgan fingerprint density at radius 1 is 1.10 bits per heavy atom. The van der Waals surface area contributed by atoms with E-state index in [2.05, 4.69) is 47.5 Å². The third-order valence-electron chi connectivity index (χ3n) is 4.95.